The first-order chi connectivity index (χ1) is 13.4. The maximum Gasteiger partial charge on any atom is 0.251 e. The van der Waals surface area contributed by atoms with Gasteiger partial charge in [-0.2, -0.15) is 4.31 Å². The van der Waals surface area contributed by atoms with Gasteiger partial charge >= 0.3 is 0 Å². The second-order valence-electron chi connectivity index (χ2n) is 6.27. The monoisotopic (exact) mass is 442 g/mol. The molecule has 1 amide bonds. The third-order valence-electron chi connectivity index (χ3n) is 4.43. The highest BCUT2D eigenvalue weighted by Crippen LogP contribution is 2.22. The van der Waals surface area contributed by atoms with E-state index in [-0.39, 0.29) is 17.3 Å². The van der Waals surface area contributed by atoms with E-state index in [9.17, 15) is 13.2 Å². The SMILES string of the molecule is O=C(NCCS(=O)(=O)N1CCN(c2ccccn2)CC1)c1ccc(Cl)c(Cl)c1. The van der Waals surface area contributed by atoms with E-state index in [1.165, 1.54) is 22.5 Å². The van der Waals surface area contributed by atoms with Gasteiger partial charge in [0.25, 0.3) is 5.91 Å². The lowest BCUT2D eigenvalue weighted by Gasteiger charge is -2.34. The smallest absolute Gasteiger partial charge is 0.251 e. The fourth-order valence-electron chi connectivity index (χ4n) is 2.90. The number of benzene rings is 1. The molecule has 150 valence electrons. The third kappa shape index (κ3) is 5.14. The first-order valence-corrected chi connectivity index (χ1v) is 11.1. The van der Waals surface area contributed by atoms with Crippen molar-refractivity contribution in [2.45, 2.75) is 0 Å². The van der Waals surface area contributed by atoms with Crippen LogP contribution in [0.2, 0.25) is 10.0 Å². The van der Waals surface area contributed by atoms with Crippen LogP contribution in [-0.4, -0.2) is 62.1 Å². The molecule has 7 nitrogen and oxygen atoms in total. The second-order valence-corrected chi connectivity index (χ2v) is 9.18. The van der Waals surface area contributed by atoms with Crippen molar-refractivity contribution in [1.29, 1.82) is 0 Å². The summed E-state index contributed by atoms with van der Waals surface area (Å²) in [5.41, 5.74) is 0.329. The molecule has 1 aromatic carbocycles. The number of nitrogens with zero attached hydrogens (tertiary/aromatic N) is 3. The molecule has 0 saturated carbocycles. The Labute approximate surface area is 174 Å². The molecule has 0 spiro atoms. The zero-order valence-electron chi connectivity index (χ0n) is 15.0. The van der Waals surface area contributed by atoms with Crippen LogP contribution in [0.15, 0.2) is 42.6 Å². The number of halogens is 2. The van der Waals surface area contributed by atoms with Crippen LogP contribution in [0.1, 0.15) is 10.4 Å². The minimum atomic E-state index is -3.46. The van der Waals surface area contributed by atoms with E-state index in [0.717, 1.165) is 5.82 Å². The van der Waals surface area contributed by atoms with Crippen molar-refractivity contribution >= 4 is 45.0 Å². The van der Waals surface area contributed by atoms with Crippen molar-refractivity contribution in [3.63, 3.8) is 0 Å². The summed E-state index contributed by atoms with van der Waals surface area (Å²) >= 11 is 11.7. The van der Waals surface area contributed by atoms with Crippen molar-refractivity contribution in [1.82, 2.24) is 14.6 Å². The molecule has 28 heavy (non-hydrogen) atoms. The normalized spacial score (nSPS) is 15.4. The minimum Gasteiger partial charge on any atom is -0.354 e. The highest BCUT2D eigenvalue weighted by molar-refractivity contribution is 7.89. The van der Waals surface area contributed by atoms with E-state index < -0.39 is 15.9 Å². The van der Waals surface area contributed by atoms with Gasteiger partial charge in [-0.25, -0.2) is 13.4 Å². The molecule has 1 aliphatic rings. The van der Waals surface area contributed by atoms with Gasteiger partial charge in [0.2, 0.25) is 10.0 Å². The van der Waals surface area contributed by atoms with Crippen LogP contribution in [-0.2, 0) is 10.0 Å². The van der Waals surface area contributed by atoms with Crippen LogP contribution in [0.5, 0.6) is 0 Å². The number of carbonyl (C=O) groups is 1. The summed E-state index contributed by atoms with van der Waals surface area (Å²) < 4.78 is 26.6. The van der Waals surface area contributed by atoms with Gasteiger partial charge in [0, 0.05) is 44.5 Å². The van der Waals surface area contributed by atoms with Crippen LogP contribution in [0, 0.1) is 0 Å². The maximum atomic E-state index is 12.5. The number of sulfonamides is 1. The first kappa shape index (κ1) is 20.9. The number of aromatic nitrogens is 1. The largest absolute Gasteiger partial charge is 0.354 e. The fourth-order valence-corrected chi connectivity index (χ4v) is 4.53. The summed E-state index contributed by atoms with van der Waals surface area (Å²) in [4.78, 5) is 18.5. The number of nitrogens with one attached hydrogen (secondary N) is 1. The number of hydrogen-bond acceptors (Lipinski definition) is 5. The molecule has 1 saturated heterocycles. The lowest BCUT2D eigenvalue weighted by atomic mass is 10.2. The van der Waals surface area contributed by atoms with Crippen molar-refractivity contribution in [2.24, 2.45) is 0 Å². The Bertz CT molecular complexity index is 933. The van der Waals surface area contributed by atoms with E-state index in [1.54, 1.807) is 6.20 Å². The first-order valence-electron chi connectivity index (χ1n) is 8.74. The van der Waals surface area contributed by atoms with Gasteiger partial charge in [-0.05, 0) is 30.3 Å². The maximum absolute atomic E-state index is 12.5. The molecular formula is C18H20Cl2N4O3S. The molecule has 0 unspecified atom stereocenters. The molecule has 10 heteroatoms. The van der Waals surface area contributed by atoms with E-state index in [0.29, 0.717) is 36.8 Å². The summed E-state index contributed by atoms with van der Waals surface area (Å²) in [6.07, 6.45) is 1.72. The van der Waals surface area contributed by atoms with Crippen LogP contribution >= 0.6 is 23.2 Å². The summed E-state index contributed by atoms with van der Waals surface area (Å²) in [7, 11) is -3.46. The van der Waals surface area contributed by atoms with E-state index in [1.807, 2.05) is 18.2 Å². The number of amides is 1. The molecule has 3 rings (SSSR count). The van der Waals surface area contributed by atoms with Crippen molar-refractivity contribution in [3.8, 4) is 0 Å². The molecule has 2 aromatic rings. The highest BCUT2D eigenvalue weighted by atomic mass is 35.5. The summed E-state index contributed by atoms with van der Waals surface area (Å²) in [5.74, 6) is 0.283. The third-order valence-corrected chi connectivity index (χ3v) is 7.04. The second kappa shape index (κ2) is 9.09. The fraction of sp³-hybridized carbons (Fsp3) is 0.333. The average Bonchev–Trinajstić information content (AvgIpc) is 2.70. The minimum absolute atomic E-state index is 0.0157. The standard InChI is InChI=1S/C18H20Cl2N4O3S/c19-15-5-4-14(13-16(15)20)18(25)22-7-12-28(26,27)24-10-8-23(9-11-24)17-3-1-2-6-21-17/h1-6,13H,7-12H2,(H,22,25). The summed E-state index contributed by atoms with van der Waals surface area (Å²) in [6, 6.07) is 10.2. The van der Waals surface area contributed by atoms with Crippen LogP contribution in [0.4, 0.5) is 5.82 Å². The molecule has 1 N–H and O–H groups in total. The summed E-state index contributed by atoms with van der Waals surface area (Å²) in [6.45, 7) is 1.94. The lowest BCUT2D eigenvalue weighted by Crippen LogP contribution is -2.50. The molecular weight excluding hydrogens is 423 g/mol. The van der Waals surface area contributed by atoms with Gasteiger partial charge in [-0.15, -0.1) is 0 Å². The number of anilines is 1. The van der Waals surface area contributed by atoms with Crippen molar-refractivity contribution in [3.05, 3.63) is 58.2 Å². The van der Waals surface area contributed by atoms with Gasteiger partial charge in [-0.3, -0.25) is 4.79 Å². The van der Waals surface area contributed by atoms with Gasteiger partial charge in [0.15, 0.2) is 0 Å². The molecule has 0 radical (unpaired) electrons. The van der Waals surface area contributed by atoms with Gasteiger partial charge in [0.05, 0.1) is 15.8 Å². The molecule has 0 atom stereocenters. The predicted molar refractivity (Wildman–Crippen MR) is 111 cm³/mol. The number of carbonyl (C=O) groups excluding carboxylic acids is 1. The van der Waals surface area contributed by atoms with Crippen LogP contribution < -0.4 is 10.2 Å². The van der Waals surface area contributed by atoms with Crippen LogP contribution in [0.25, 0.3) is 0 Å². The molecule has 1 fully saturated rings. The quantitative estimate of drug-likeness (QED) is 0.741. The Kier molecular flexibility index (Phi) is 6.77. The zero-order valence-corrected chi connectivity index (χ0v) is 17.3. The lowest BCUT2D eigenvalue weighted by molar-refractivity contribution is 0.0956. The van der Waals surface area contributed by atoms with E-state index in [2.05, 4.69) is 15.2 Å². The molecule has 0 aliphatic carbocycles. The molecule has 1 aromatic heterocycles. The Morgan fingerprint density at radius 3 is 2.46 bits per heavy atom. The van der Waals surface area contributed by atoms with Gasteiger partial charge in [-0.1, -0.05) is 29.3 Å². The summed E-state index contributed by atoms with van der Waals surface area (Å²) in [5, 5.41) is 3.23. The molecule has 0 bridgehead atoms. The average molecular weight is 443 g/mol. The number of hydrogen-bond donors (Lipinski definition) is 1. The Balaban J connectivity index is 1.49. The molecule has 2 heterocycles. The van der Waals surface area contributed by atoms with Gasteiger partial charge < -0.3 is 10.2 Å². The molecule has 1 aliphatic heterocycles. The topological polar surface area (TPSA) is 82.6 Å². The van der Waals surface area contributed by atoms with Crippen molar-refractivity contribution < 1.29 is 13.2 Å². The number of rotatable bonds is 6. The number of pyridine rings is 1. The van der Waals surface area contributed by atoms with Crippen LogP contribution in [0.3, 0.4) is 0 Å². The van der Waals surface area contributed by atoms with E-state index in [4.69, 9.17) is 23.2 Å². The van der Waals surface area contributed by atoms with E-state index >= 15 is 0 Å². The Morgan fingerprint density at radius 2 is 1.82 bits per heavy atom. The Hall–Kier alpha value is -1.87. The van der Waals surface area contributed by atoms with Gasteiger partial charge in [0.1, 0.15) is 5.82 Å². The number of piperazine rings is 1. The Morgan fingerprint density at radius 1 is 1.07 bits per heavy atom. The zero-order chi connectivity index (χ0) is 20.1. The highest BCUT2D eigenvalue weighted by Gasteiger charge is 2.27. The van der Waals surface area contributed by atoms with Crippen molar-refractivity contribution in [2.75, 3.05) is 43.4 Å². The predicted octanol–water partition coefficient (Wildman–Crippen LogP) is 2.27.